The number of benzene rings is 1. The van der Waals surface area contributed by atoms with E-state index in [1.54, 1.807) is 24.3 Å². The van der Waals surface area contributed by atoms with Gasteiger partial charge in [-0.05, 0) is 29.3 Å². The van der Waals surface area contributed by atoms with Crippen LogP contribution in [0.15, 0.2) is 24.3 Å². The van der Waals surface area contributed by atoms with Crippen molar-refractivity contribution in [1.29, 1.82) is 0 Å². The fraction of sp³-hybridized carbons (Fsp3) is 0.100. The standard InChI is InChI=1S/C10H7Cl2N3O2/c11-8-9(13-10(12)15-14-8)17-7-3-1-6(5-16)2-4-7/h1-4,16H,5H2. The quantitative estimate of drug-likeness (QED) is 0.929. The minimum Gasteiger partial charge on any atom is -0.436 e. The third-order valence-corrected chi connectivity index (χ3v) is 2.31. The summed E-state index contributed by atoms with van der Waals surface area (Å²) < 4.78 is 5.38. The molecule has 0 unspecified atom stereocenters. The van der Waals surface area contributed by atoms with Gasteiger partial charge >= 0.3 is 0 Å². The highest BCUT2D eigenvalue weighted by molar-refractivity contribution is 6.31. The normalized spacial score (nSPS) is 10.3. The molecule has 0 spiro atoms. The fourth-order valence-corrected chi connectivity index (χ4v) is 1.35. The molecule has 17 heavy (non-hydrogen) atoms. The summed E-state index contributed by atoms with van der Waals surface area (Å²) in [6, 6.07) is 6.80. The smallest absolute Gasteiger partial charge is 0.262 e. The number of aromatic nitrogens is 3. The molecule has 0 saturated carbocycles. The summed E-state index contributed by atoms with van der Waals surface area (Å²) >= 11 is 11.3. The molecule has 1 aromatic heterocycles. The lowest BCUT2D eigenvalue weighted by atomic mass is 10.2. The van der Waals surface area contributed by atoms with Gasteiger partial charge in [0.15, 0.2) is 0 Å². The van der Waals surface area contributed by atoms with E-state index in [0.29, 0.717) is 5.75 Å². The lowest BCUT2D eigenvalue weighted by Crippen LogP contribution is -1.95. The molecular formula is C10H7Cl2N3O2. The topological polar surface area (TPSA) is 68.1 Å². The van der Waals surface area contributed by atoms with E-state index in [1.165, 1.54) is 0 Å². The number of rotatable bonds is 3. The van der Waals surface area contributed by atoms with Gasteiger partial charge in [-0.15, -0.1) is 10.2 Å². The molecule has 0 aliphatic rings. The minimum atomic E-state index is -0.0450. The summed E-state index contributed by atoms with van der Waals surface area (Å²) in [5.74, 6) is 0.601. The van der Waals surface area contributed by atoms with E-state index in [2.05, 4.69) is 15.2 Å². The van der Waals surface area contributed by atoms with Crippen molar-refractivity contribution in [2.45, 2.75) is 6.61 Å². The van der Waals surface area contributed by atoms with E-state index < -0.39 is 0 Å². The number of hydrogen-bond donors (Lipinski definition) is 1. The zero-order valence-electron chi connectivity index (χ0n) is 8.47. The first-order chi connectivity index (χ1) is 8.19. The van der Waals surface area contributed by atoms with E-state index in [9.17, 15) is 0 Å². The van der Waals surface area contributed by atoms with Crippen molar-refractivity contribution >= 4 is 23.2 Å². The Balaban J connectivity index is 2.22. The van der Waals surface area contributed by atoms with E-state index >= 15 is 0 Å². The van der Waals surface area contributed by atoms with Crippen LogP contribution >= 0.6 is 23.2 Å². The van der Waals surface area contributed by atoms with Gasteiger partial charge in [0.1, 0.15) is 5.75 Å². The molecule has 1 N–H and O–H groups in total. The Morgan fingerprint density at radius 2 is 1.82 bits per heavy atom. The SMILES string of the molecule is OCc1ccc(Oc2nc(Cl)nnc2Cl)cc1. The molecule has 2 aromatic rings. The van der Waals surface area contributed by atoms with Crippen LogP contribution in [0.5, 0.6) is 11.6 Å². The lowest BCUT2D eigenvalue weighted by Gasteiger charge is -2.05. The molecule has 88 valence electrons. The molecule has 5 nitrogen and oxygen atoms in total. The van der Waals surface area contributed by atoms with Crippen molar-refractivity contribution in [2.75, 3.05) is 0 Å². The van der Waals surface area contributed by atoms with Crippen LogP contribution in [0.1, 0.15) is 5.56 Å². The minimum absolute atomic E-state index is 0.0259. The van der Waals surface area contributed by atoms with Crippen molar-refractivity contribution in [2.24, 2.45) is 0 Å². The van der Waals surface area contributed by atoms with Gasteiger partial charge in [0.2, 0.25) is 10.4 Å². The summed E-state index contributed by atoms with van der Waals surface area (Å²) in [5, 5.41) is 15.9. The second-order valence-corrected chi connectivity index (χ2v) is 3.78. The molecule has 0 bridgehead atoms. The van der Waals surface area contributed by atoms with Crippen molar-refractivity contribution in [3.63, 3.8) is 0 Å². The molecule has 0 radical (unpaired) electrons. The van der Waals surface area contributed by atoms with Crippen LogP contribution in [-0.4, -0.2) is 20.3 Å². The largest absolute Gasteiger partial charge is 0.436 e. The summed E-state index contributed by atoms with van der Waals surface area (Å²) in [6.45, 7) is -0.0259. The number of aliphatic hydroxyl groups excluding tert-OH is 1. The Labute approximate surface area is 107 Å². The number of hydrogen-bond acceptors (Lipinski definition) is 5. The molecule has 1 aromatic carbocycles. The molecule has 0 amide bonds. The van der Waals surface area contributed by atoms with Crippen LogP contribution in [0, 0.1) is 0 Å². The van der Waals surface area contributed by atoms with Gasteiger partial charge in [0, 0.05) is 0 Å². The molecule has 0 aliphatic heterocycles. The number of nitrogens with zero attached hydrogens (tertiary/aromatic N) is 3. The van der Waals surface area contributed by atoms with Crippen molar-refractivity contribution in [3.05, 3.63) is 40.3 Å². The maximum atomic E-state index is 8.89. The van der Waals surface area contributed by atoms with Crippen molar-refractivity contribution < 1.29 is 9.84 Å². The maximum absolute atomic E-state index is 8.89. The van der Waals surface area contributed by atoms with Crippen molar-refractivity contribution in [1.82, 2.24) is 15.2 Å². The van der Waals surface area contributed by atoms with Gasteiger partial charge in [-0.2, -0.15) is 4.98 Å². The van der Waals surface area contributed by atoms with E-state index in [-0.39, 0.29) is 22.9 Å². The highest BCUT2D eigenvalue weighted by Gasteiger charge is 2.08. The number of ether oxygens (including phenoxy) is 1. The Hall–Kier alpha value is -1.43. The highest BCUT2D eigenvalue weighted by Crippen LogP contribution is 2.25. The van der Waals surface area contributed by atoms with E-state index in [4.69, 9.17) is 33.0 Å². The van der Waals surface area contributed by atoms with Gasteiger partial charge in [-0.3, -0.25) is 0 Å². The summed E-state index contributed by atoms with van der Waals surface area (Å²) in [6.07, 6.45) is 0. The molecular weight excluding hydrogens is 265 g/mol. The van der Waals surface area contributed by atoms with Gasteiger partial charge in [-0.25, -0.2) is 0 Å². The fourth-order valence-electron chi connectivity index (χ4n) is 1.12. The molecule has 0 fully saturated rings. The third-order valence-electron chi connectivity index (χ3n) is 1.91. The summed E-state index contributed by atoms with van der Waals surface area (Å²) in [4.78, 5) is 3.80. The molecule has 1 heterocycles. The third kappa shape index (κ3) is 3.03. The number of halogens is 2. The summed E-state index contributed by atoms with van der Waals surface area (Å²) in [7, 11) is 0. The highest BCUT2D eigenvalue weighted by atomic mass is 35.5. The Morgan fingerprint density at radius 3 is 2.47 bits per heavy atom. The first-order valence-corrected chi connectivity index (χ1v) is 5.38. The first kappa shape index (κ1) is 12.0. The Bertz CT molecular complexity index is 519. The Kier molecular flexibility index (Phi) is 3.73. The van der Waals surface area contributed by atoms with E-state index in [0.717, 1.165) is 5.56 Å². The second kappa shape index (κ2) is 5.27. The van der Waals surface area contributed by atoms with Crippen LogP contribution in [0.4, 0.5) is 0 Å². The van der Waals surface area contributed by atoms with Crippen LogP contribution < -0.4 is 4.74 Å². The average Bonchev–Trinajstić information content (AvgIpc) is 2.35. The zero-order valence-corrected chi connectivity index (χ0v) is 9.98. The van der Waals surface area contributed by atoms with Crippen LogP contribution in [0.2, 0.25) is 10.4 Å². The zero-order chi connectivity index (χ0) is 12.3. The van der Waals surface area contributed by atoms with Crippen LogP contribution in [-0.2, 0) is 6.61 Å². The van der Waals surface area contributed by atoms with Gasteiger partial charge in [0.05, 0.1) is 6.61 Å². The second-order valence-electron chi connectivity index (χ2n) is 3.08. The van der Waals surface area contributed by atoms with Crippen LogP contribution in [0.3, 0.4) is 0 Å². The van der Waals surface area contributed by atoms with Gasteiger partial charge in [-0.1, -0.05) is 23.7 Å². The van der Waals surface area contributed by atoms with Gasteiger partial charge in [0.25, 0.3) is 5.88 Å². The molecule has 0 saturated heterocycles. The summed E-state index contributed by atoms with van der Waals surface area (Å²) in [5.41, 5.74) is 0.780. The average molecular weight is 272 g/mol. The molecule has 2 rings (SSSR count). The lowest BCUT2D eigenvalue weighted by molar-refractivity contribution is 0.281. The number of aliphatic hydroxyl groups is 1. The predicted octanol–water partition coefficient (Wildman–Crippen LogP) is 2.46. The molecule has 7 heteroatoms. The van der Waals surface area contributed by atoms with E-state index in [1.807, 2.05) is 0 Å². The Morgan fingerprint density at radius 1 is 1.12 bits per heavy atom. The monoisotopic (exact) mass is 271 g/mol. The molecule has 0 atom stereocenters. The van der Waals surface area contributed by atoms with Crippen molar-refractivity contribution in [3.8, 4) is 11.6 Å². The van der Waals surface area contributed by atoms with Gasteiger partial charge < -0.3 is 9.84 Å². The maximum Gasteiger partial charge on any atom is 0.262 e. The van der Waals surface area contributed by atoms with Crippen LogP contribution in [0.25, 0.3) is 0 Å². The molecule has 0 aliphatic carbocycles. The first-order valence-electron chi connectivity index (χ1n) is 4.62. The predicted molar refractivity (Wildman–Crippen MR) is 62.3 cm³/mol.